The molecule has 6 heteroatoms. The Morgan fingerprint density at radius 1 is 1.47 bits per heavy atom. The van der Waals surface area contributed by atoms with Crippen molar-refractivity contribution in [3.63, 3.8) is 0 Å². The molecule has 0 unspecified atom stereocenters. The summed E-state index contributed by atoms with van der Waals surface area (Å²) < 4.78 is 5.23. The highest BCUT2D eigenvalue weighted by atomic mass is 16.4. The molecule has 0 aliphatic rings. The third-order valence-corrected chi connectivity index (χ3v) is 2.05. The van der Waals surface area contributed by atoms with E-state index in [0.717, 1.165) is 0 Å². The summed E-state index contributed by atoms with van der Waals surface area (Å²) in [6.45, 7) is 1.41. The summed E-state index contributed by atoms with van der Waals surface area (Å²) in [4.78, 5) is 25.4. The second-order valence-electron chi connectivity index (χ2n) is 3.54. The zero-order valence-electron chi connectivity index (χ0n) is 9.06. The molecule has 0 aliphatic heterocycles. The van der Waals surface area contributed by atoms with Crippen LogP contribution < -0.4 is 5.32 Å². The number of nitrogens with one attached hydrogen (secondary N) is 1. The number of aromatic nitrogens is 1. The summed E-state index contributed by atoms with van der Waals surface area (Å²) >= 11 is 0. The molecule has 2 rings (SSSR count). The van der Waals surface area contributed by atoms with Crippen molar-refractivity contribution in [2.24, 2.45) is 0 Å². The van der Waals surface area contributed by atoms with Crippen LogP contribution in [0.25, 0.3) is 11.1 Å². The van der Waals surface area contributed by atoms with Crippen molar-refractivity contribution in [3.05, 3.63) is 24.1 Å². The maximum atomic E-state index is 10.9. The van der Waals surface area contributed by atoms with Gasteiger partial charge in [0.15, 0.2) is 5.58 Å². The Kier molecular flexibility index (Phi) is 2.78. The van der Waals surface area contributed by atoms with Gasteiger partial charge in [0.1, 0.15) is 11.9 Å². The molecule has 1 aromatic heterocycles. The number of nitrogens with zero attached hydrogens (tertiary/aromatic N) is 1. The molecule has 1 aromatic carbocycles. The van der Waals surface area contributed by atoms with E-state index in [1.54, 1.807) is 18.2 Å². The van der Waals surface area contributed by atoms with Crippen LogP contribution in [0.15, 0.2) is 22.6 Å². The first kappa shape index (κ1) is 11.1. The summed E-state index contributed by atoms with van der Waals surface area (Å²) in [5.41, 5.74) is 1.61. The number of hydrogen-bond donors (Lipinski definition) is 2. The number of hydrogen-bond acceptors (Lipinski definition) is 4. The molecular formula is C11H10N2O4. The van der Waals surface area contributed by atoms with Gasteiger partial charge in [0.25, 0.3) is 0 Å². The van der Waals surface area contributed by atoms with Gasteiger partial charge in [0.2, 0.25) is 11.8 Å². The maximum absolute atomic E-state index is 10.9. The first-order valence-corrected chi connectivity index (χ1v) is 4.93. The minimum Gasteiger partial charge on any atom is -0.481 e. The first-order valence-electron chi connectivity index (χ1n) is 4.93. The SMILES string of the molecule is CC(=O)Nc1ccc2oc(CC(=O)O)nc2c1. The van der Waals surface area contributed by atoms with E-state index in [9.17, 15) is 9.59 Å². The molecule has 1 amide bonds. The second-order valence-corrected chi connectivity index (χ2v) is 3.54. The molecule has 2 aromatic rings. The van der Waals surface area contributed by atoms with Gasteiger partial charge in [-0.15, -0.1) is 0 Å². The number of anilines is 1. The Morgan fingerprint density at radius 2 is 2.24 bits per heavy atom. The molecule has 0 saturated carbocycles. The van der Waals surface area contributed by atoms with Crippen LogP contribution in [0.2, 0.25) is 0 Å². The number of aliphatic carboxylic acids is 1. The molecule has 1 heterocycles. The Balaban J connectivity index is 2.33. The maximum Gasteiger partial charge on any atom is 0.312 e. The lowest BCUT2D eigenvalue weighted by atomic mass is 10.3. The van der Waals surface area contributed by atoms with Crippen molar-refractivity contribution in [1.82, 2.24) is 4.98 Å². The van der Waals surface area contributed by atoms with Gasteiger partial charge in [-0.2, -0.15) is 0 Å². The van der Waals surface area contributed by atoms with E-state index >= 15 is 0 Å². The van der Waals surface area contributed by atoms with Gasteiger partial charge in [-0.05, 0) is 18.2 Å². The van der Waals surface area contributed by atoms with Gasteiger partial charge in [-0.1, -0.05) is 0 Å². The fraction of sp³-hybridized carbons (Fsp3) is 0.182. The van der Waals surface area contributed by atoms with E-state index < -0.39 is 5.97 Å². The average molecular weight is 234 g/mol. The summed E-state index contributed by atoms with van der Waals surface area (Å²) in [6, 6.07) is 4.93. The number of oxazole rings is 1. The van der Waals surface area contributed by atoms with Crippen LogP contribution in [0.4, 0.5) is 5.69 Å². The van der Waals surface area contributed by atoms with Crippen molar-refractivity contribution in [3.8, 4) is 0 Å². The lowest BCUT2D eigenvalue weighted by molar-refractivity contribution is -0.136. The van der Waals surface area contributed by atoms with Gasteiger partial charge in [-0.3, -0.25) is 9.59 Å². The molecular weight excluding hydrogens is 224 g/mol. The molecule has 0 spiro atoms. The number of rotatable bonds is 3. The summed E-state index contributed by atoms with van der Waals surface area (Å²) in [5.74, 6) is -1.04. The molecule has 17 heavy (non-hydrogen) atoms. The number of carboxylic acid groups (broad SMARTS) is 1. The Labute approximate surface area is 96.3 Å². The van der Waals surface area contributed by atoms with Gasteiger partial charge >= 0.3 is 5.97 Å². The lowest BCUT2D eigenvalue weighted by Gasteiger charge is -1.99. The van der Waals surface area contributed by atoms with Gasteiger partial charge in [0, 0.05) is 12.6 Å². The van der Waals surface area contributed by atoms with Gasteiger partial charge in [0.05, 0.1) is 0 Å². The fourth-order valence-corrected chi connectivity index (χ4v) is 1.46. The minimum absolute atomic E-state index is 0.146. The normalized spacial score (nSPS) is 10.4. The zero-order valence-corrected chi connectivity index (χ0v) is 9.06. The monoisotopic (exact) mass is 234 g/mol. The Bertz CT molecular complexity index is 574. The van der Waals surface area contributed by atoms with E-state index in [4.69, 9.17) is 9.52 Å². The highest BCUT2D eigenvalue weighted by molar-refractivity contribution is 5.91. The first-order chi connectivity index (χ1) is 8.04. The number of benzene rings is 1. The average Bonchev–Trinajstić information content (AvgIpc) is 2.56. The van der Waals surface area contributed by atoms with E-state index in [-0.39, 0.29) is 18.2 Å². The molecule has 2 N–H and O–H groups in total. The number of carboxylic acids is 1. The van der Waals surface area contributed by atoms with E-state index in [1.807, 2.05) is 0 Å². The molecule has 0 radical (unpaired) electrons. The molecule has 0 atom stereocenters. The van der Waals surface area contributed by atoms with Crippen molar-refractivity contribution >= 4 is 28.7 Å². The highest BCUT2D eigenvalue weighted by Crippen LogP contribution is 2.20. The van der Waals surface area contributed by atoms with Crippen LogP contribution in [-0.2, 0) is 16.0 Å². The van der Waals surface area contributed by atoms with E-state index in [0.29, 0.717) is 16.8 Å². The van der Waals surface area contributed by atoms with E-state index in [2.05, 4.69) is 10.3 Å². The number of carbonyl (C=O) groups excluding carboxylic acids is 1. The largest absolute Gasteiger partial charge is 0.481 e. The minimum atomic E-state index is -1.00. The lowest BCUT2D eigenvalue weighted by Crippen LogP contribution is -2.05. The molecule has 6 nitrogen and oxygen atoms in total. The number of carbonyl (C=O) groups is 2. The van der Waals surface area contributed by atoms with Gasteiger partial charge in [-0.25, -0.2) is 4.98 Å². The predicted molar refractivity (Wildman–Crippen MR) is 59.7 cm³/mol. The van der Waals surface area contributed by atoms with Crippen molar-refractivity contribution in [2.75, 3.05) is 5.32 Å². The van der Waals surface area contributed by atoms with Crippen molar-refractivity contribution in [1.29, 1.82) is 0 Å². The van der Waals surface area contributed by atoms with Crippen LogP contribution in [-0.4, -0.2) is 22.0 Å². The molecule has 0 saturated heterocycles. The van der Waals surface area contributed by atoms with Crippen LogP contribution in [0.5, 0.6) is 0 Å². The van der Waals surface area contributed by atoms with E-state index in [1.165, 1.54) is 6.92 Å². The van der Waals surface area contributed by atoms with Crippen LogP contribution in [0.3, 0.4) is 0 Å². The third-order valence-electron chi connectivity index (χ3n) is 2.05. The Morgan fingerprint density at radius 3 is 2.88 bits per heavy atom. The van der Waals surface area contributed by atoms with Gasteiger partial charge < -0.3 is 14.8 Å². The molecule has 0 fully saturated rings. The standard InChI is InChI=1S/C11H10N2O4/c1-6(14)12-7-2-3-9-8(4-7)13-10(17-9)5-11(15)16/h2-4H,5H2,1H3,(H,12,14)(H,15,16). The molecule has 0 bridgehead atoms. The summed E-state index contributed by atoms with van der Waals surface area (Å²) in [7, 11) is 0. The Hall–Kier alpha value is -2.37. The van der Waals surface area contributed by atoms with Crippen LogP contribution in [0, 0.1) is 0 Å². The fourth-order valence-electron chi connectivity index (χ4n) is 1.46. The predicted octanol–water partition coefficient (Wildman–Crippen LogP) is 1.41. The number of amides is 1. The second kappa shape index (κ2) is 4.25. The summed E-state index contributed by atoms with van der Waals surface area (Å²) in [5, 5.41) is 11.2. The van der Waals surface area contributed by atoms with Crippen molar-refractivity contribution < 1.29 is 19.1 Å². The quantitative estimate of drug-likeness (QED) is 0.837. The summed E-state index contributed by atoms with van der Waals surface area (Å²) in [6.07, 6.45) is -0.260. The smallest absolute Gasteiger partial charge is 0.312 e. The highest BCUT2D eigenvalue weighted by Gasteiger charge is 2.10. The van der Waals surface area contributed by atoms with Crippen molar-refractivity contribution in [2.45, 2.75) is 13.3 Å². The van der Waals surface area contributed by atoms with Crippen LogP contribution in [0.1, 0.15) is 12.8 Å². The third kappa shape index (κ3) is 2.60. The number of fused-ring (bicyclic) bond motifs is 1. The zero-order chi connectivity index (χ0) is 12.4. The molecule has 88 valence electrons. The molecule has 0 aliphatic carbocycles. The van der Waals surface area contributed by atoms with Crippen LogP contribution >= 0.6 is 0 Å². The topological polar surface area (TPSA) is 92.4 Å².